The normalized spacial score (nSPS) is 18.8. The van der Waals surface area contributed by atoms with Gasteiger partial charge in [0.05, 0.1) is 5.69 Å². The lowest BCUT2D eigenvalue weighted by molar-refractivity contribution is -0.128. The Bertz CT molecular complexity index is 1000. The molecule has 1 saturated heterocycles. The first kappa shape index (κ1) is 19.6. The van der Waals surface area contributed by atoms with Gasteiger partial charge in [0.25, 0.3) is 11.8 Å². The molecule has 2 aliphatic rings. The molecule has 1 atom stereocenters. The summed E-state index contributed by atoms with van der Waals surface area (Å²) in [5.74, 6) is -0.462. The number of amides is 3. The Balaban J connectivity index is 1.47. The first-order valence-electron chi connectivity index (χ1n) is 9.93. The van der Waals surface area contributed by atoms with E-state index in [9.17, 15) is 14.4 Å². The van der Waals surface area contributed by atoms with E-state index in [4.69, 9.17) is 0 Å². The predicted octanol–water partition coefficient (Wildman–Crippen LogP) is 2.09. The third-order valence-corrected chi connectivity index (χ3v) is 5.08. The van der Waals surface area contributed by atoms with Crippen LogP contribution in [0.5, 0.6) is 0 Å². The first-order chi connectivity index (χ1) is 14.5. The highest BCUT2D eigenvalue weighted by Gasteiger charge is 2.30. The topological polar surface area (TPSA) is 94.1 Å². The lowest BCUT2D eigenvalue weighted by Crippen LogP contribution is -2.57. The monoisotopic (exact) mass is 405 g/mol. The number of likely N-dealkylation sites (tertiary alicyclic amines) is 1. The Labute approximate surface area is 174 Å². The van der Waals surface area contributed by atoms with E-state index in [0.717, 1.165) is 18.5 Å². The van der Waals surface area contributed by atoms with Crippen LogP contribution < -0.4 is 15.8 Å². The molecule has 0 saturated carbocycles. The van der Waals surface area contributed by atoms with Crippen LogP contribution in [-0.2, 0) is 20.9 Å². The van der Waals surface area contributed by atoms with Crippen molar-refractivity contribution in [2.75, 3.05) is 16.9 Å². The van der Waals surface area contributed by atoms with Gasteiger partial charge in [0, 0.05) is 25.2 Å². The third-order valence-electron chi connectivity index (χ3n) is 5.08. The van der Waals surface area contributed by atoms with Gasteiger partial charge in [-0.2, -0.15) is 0 Å². The molecule has 8 heteroatoms. The van der Waals surface area contributed by atoms with E-state index >= 15 is 0 Å². The largest absolute Gasteiger partial charge is 0.338 e. The quantitative estimate of drug-likeness (QED) is 0.796. The fourth-order valence-corrected chi connectivity index (χ4v) is 3.53. The summed E-state index contributed by atoms with van der Waals surface area (Å²) in [5.41, 5.74) is 4.99. The van der Waals surface area contributed by atoms with Crippen LogP contribution in [0.2, 0.25) is 0 Å². The molecule has 0 radical (unpaired) electrons. The van der Waals surface area contributed by atoms with Gasteiger partial charge in [0.2, 0.25) is 11.7 Å². The van der Waals surface area contributed by atoms with Crippen molar-refractivity contribution in [3.8, 4) is 0 Å². The number of amidine groups is 1. The lowest BCUT2D eigenvalue weighted by Gasteiger charge is -2.30. The summed E-state index contributed by atoms with van der Waals surface area (Å²) < 4.78 is 0. The van der Waals surface area contributed by atoms with Crippen LogP contribution >= 0.6 is 0 Å². The Morgan fingerprint density at radius 3 is 2.70 bits per heavy atom. The minimum Gasteiger partial charge on any atom is -0.338 e. The smallest absolute Gasteiger partial charge is 0.292 e. The van der Waals surface area contributed by atoms with E-state index in [1.54, 1.807) is 25.1 Å². The van der Waals surface area contributed by atoms with Gasteiger partial charge >= 0.3 is 0 Å². The van der Waals surface area contributed by atoms with E-state index in [-0.39, 0.29) is 17.6 Å². The molecule has 154 valence electrons. The van der Waals surface area contributed by atoms with Crippen molar-refractivity contribution in [1.82, 2.24) is 10.3 Å². The standard InChI is InChI=1S/C22H23N5O3/c1-15-22(30)27(18-9-3-2-4-10-18)25-20(23-15)21(29)24-17-8-5-7-16(13-17)14-26-12-6-11-19(26)28/h2-5,7-10,13,15H,6,11-12,14H2,1H3,(H,23,25)(H,24,29). The van der Waals surface area contributed by atoms with Gasteiger partial charge in [0.15, 0.2) is 0 Å². The van der Waals surface area contributed by atoms with Crippen molar-refractivity contribution in [3.05, 3.63) is 60.2 Å². The third kappa shape index (κ3) is 4.17. The Morgan fingerprint density at radius 1 is 1.17 bits per heavy atom. The van der Waals surface area contributed by atoms with Crippen LogP contribution in [0.15, 0.2) is 59.6 Å². The molecule has 1 unspecified atom stereocenters. The number of aliphatic imine (C=N–C) groups is 1. The molecule has 0 bridgehead atoms. The number of rotatable bonds is 5. The molecular formula is C22H23N5O3. The molecule has 2 aliphatic heterocycles. The van der Waals surface area contributed by atoms with Gasteiger partial charge in [-0.05, 0) is 43.2 Å². The van der Waals surface area contributed by atoms with Crippen LogP contribution in [-0.4, -0.2) is 41.0 Å². The average molecular weight is 405 g/mol. The zero-order valence-electron chi connectivity index (χ0n) is 16.7. The van der Waals surface area contributed by atoms with Gasteiger partial charge in [-0.25, -0.2) is 10.0 Å². The number of nitrogens with zero attached hydrogens (tertiary/aromatic N) is 3. The van der Waals surface area contributed by atoms with Crippen LogP contribution in [0.1, 0.15) is 25.3 Å². The van der Waals surface area contributed by atoms with Gasteiger partial charge in [-0.15, -0.1) is 0 Å². The minimum atomic E-state index is -0.681. The van der Waals surface area contributed by atoms with E-state index < -0.39 is 11.9 Å². The Kier molecular flexibility index (Phi) is 5.47. The van der Waals surface area contributed by atoms with Crippen molar-refractivity contribution in [1.29, 1.82) is 0 Å². The molecule has 2 N–H and O–H groups in total. The summed E-state index contributed by atoms with van der Waals surface area (Å²) in [4.78, 5) is 43.1. The number of carbonyl (C=O) groups excluding carboxylic acids is 3. The van der Waals surface area contributed by atoms with Crippen molar-refractivity contribution in [2.24, 2.45) is 4.99 Å². The minimum absolute atomic E-state index is 0.0612. The van der Waals surface area contributed by atoms with Gasteiger partial charge in [-0.3, -0.25) is 19.8 Å². The maximum atomic E-state index is 12.8. The van der Waals surface area contributed by atoms with Gasteiger partial charge in [-0.1, -0.05) is 30.3 Å². The molecule has 0 aromatic heterocycles. The molecule has 30 heavy (non-hydrogen) atoms. The number of para-hydroxylation sites is 1. The number of hydrazine groups is 1. The Morgan fingerprint density at radius 2 is 1.97 bits per heavy atom. The second-order valence-corrected chi connectivity index (χ2v) is 7.35. The van der Waals surface area contributed by atoms with E-state index in [1.807, 2.05) is 41.3 Å². The number of carbonyl (C=O) groups is 3. The molecule has 3 amide bonds. The van der Waals surface area contributed by atoms with E-state index in [2.05, 4.69) is 15.7 Å². The molecule has 4 rings (SSSR count). The Hall–Kier alpha value is -3.68. The first-order valence-corrected chi connectivity index (χ1v) is 9.93. The molecule has 8 nitrogen and oxygen atoms in total. The molecule has 2 aromatic rings. The van der Waals surface area contributed by atoms with E-state index in [0.29, 0.717) is 24.3 Å². The van der Waals surface area contributed by atoms with Crippen molar-refractivity contribution >= 4 is 34.9 Å². The number of hydrogen-bond acceptors (Lipinski definition) is 5. The van der Waals surface area contributed by atoms with E-state index in [1.165, 1.54) is 5.01 Å². The van der Waals surface area contributed by atoms with Gasteiger partial charge < -0.3 is 10.2 Å². The molecule has 1 fully saturated rings. The molecular weight excluding hydrogens is 382 g/mol. The molecule has 0 aliphatic carbocycles. The summed E-state index contributed by atoms with van der Waals surface area (Å²) in [7, 11) is 0. The number of hydrogen-bond donors (Lipinski definition) is 2. The fourth-order valence-electron chi connectivity index (χ4n) is 3.53. The highest BCUT2D eigenvalue weighted by molar-refractivity contribution is 6.43. The second kappa shape index (κ2) is 8.36. The molecule has 2 aromatic carbocycles. The zero-order chi connectivity index (χ0) is 21.1. The van der Waals surface area contributed by atoms with Crippen molar-refractivity contribution < 1.29 is 14.4 Å². The molecule has 2 heterocycles. The predicted molar refractivity (Wildman–Crippen MR) is 114 cm³/mol. The van der Waals surface area contributed by atoms with Crippen molar-refractivity contribution in [2.45, 2.75) is 32.4 Å². The fraction of sp³-hybridized carbons (Fsp3) is 0.273. The summed E-state index contributed by atoms with van der Waals surface area (Å²) in [6.45, 7) is 2.94. The molecule has 0 spiro atoms. The summed E-state index contributed by atoms with van der Waals surface area (Å²) in [5, 5.41) is 4.16. The average Bonchev–Trinajstić information content (AvgIpc) is 3.15. The van der Waals surface area contributed by atoms with Crippen LogP contribution in [0.25, 0.3) is 0 Å². The maximum Gasteiger partial charge on any atom is 0.292 e. The zero-order valence-corrected chi connectivity index (χ0v) is 16.7. The second-order valence-electron chi connectivity index (χ2n) is 7.35. The highest BCUT2D eigenvalue weighted by Crippen LogP contribution is 2.19. The number of anilines is 2. The SMILES string of the molecule is CC1N=C(C(=O)Nc2cccc(CN3CCCC3=O)c2)NN(c2ccccc2)C1=O. The van der Waals surface area contributed by atoms with Crippen LogP contribution in [0, 0.1) is 0 Å². The van der Waals surface area contributed by atoms with Crippen molar-refractivity contribution in [3.63, 3.8) is 0 Å². The number of benzene rings is 2. The highest BCUT2D eigenvalue weighted by atomic mass is 16.2. The number of nitrogens with one attached hydrogen (secondary N) is 2. The lowest BCUT2D eigenvalue weighted by atomic mass is 10.2. The maximum absolute atomic E-state index is 12.8. The summed E-state index contributed by atoms with van der Waals surface area (Å²) in [6.07, 6.45) is 1.48. The summed E-state index contributed by atoms with van der Waals surface area (Å²) >= 11 is 0. The summed E-state index contributed by atoms with van der Waals surface area (Å²) in [6, 6.07) is 15.7. The van der Waals surface area contributed by atoms with Gasteiger partial charge in [0.1, 0.15) is 6.04 Å². The van der Waals surface area contributed by atoms with Crippen LogP contribution in [0.3, 0.4) is 0 Å². The van der Waals surface area contributed by atoms with Crippen LogP contribution in [0.4, 0.5) is 11.4 Å².